The molecule has 2 aromatic heterocycles. The lowest BCUT2D eigenvalue weighted by atomic mass is 9.98. The van der Waals surface area contributed by atoms with Gasteiger partial charge in [0.25, 0.3) is 0 Å². The molecular formula is C21H21N3S2. The third-order valence-corrected chi connectivity index (χ3v) is 7.81. The van der Waals surface area contributed by atoms with E-state index in [-0.39, 0.29) is 0 Å². The van der Waals surface area contributed by atoms with Gasteiger partial charge in [0.1, 0.15) is 0 Å². The Morgan fingerprint density at radius 3 is 2.46 bits per heavy atom. The number of rotatable bonds is 2. The number of piperidine rings is 1. The van der Waals surface area contributed by atoms with Crippen LogP contribution < -0.4 is 4.90 Å². The fourth-order valence-corrected chi connectivity index (χ4v) is 6.07. The highest BCUT2D eigenvalue weighted by Gasteiger charge is 2.25. The second-order valence-electron chi connectivity index (χ2n) is 7.15. The van der Waals surface area contributed by atoms with Gasteiger partial charge in [0.05, 0.1) is 25.4 Å². The quantitative estimate of drug-likeness (QED) is 0.434. The highest BCUT2D eigenvalue weighted by molar-refractivity contribution is 7.22. The monoisotopic (exact) mass is 379 g/mol. The van der Waals surface area contributed by atoms with Crippen molar-refractivity contribution in [2.24, 2.45) is 0 Å². The van der Waals surface area contributed by atoms with E-state index in [2.05, 4.69) is 55.1 Å². The van der Waals surface area contributed by atoms with Crippen molar-refractivity contribution in [2.45, 2.75) is 32.6 Å². The average Bonchev–Trinajstić information content (AvgIpc) is 3.30. The number of nitrogens with zero attached hydrogens (tertiary/aromatic N) is 3. The van der Waals surface area contributed by atoms with Gasteiger partial charge < -0.3 is 4.90 Å². The zero-order chi connectivity index (χ0) is 17.7. The SMILES string of the molecule is Cc1ccc(C)c2sc(N3CCC(c4nc5ccccc5s4)CC3)nc12. The third-order valence-electron chi connectivity index (χ3n) is 5.36. The number of hydrogen-bond acceptors (Lipinski definition) is 5. The Balaban J connectivity index is 1.37. The van der Waals surface area contributed by atoms with E-state index in [4.69, 9.17) is 9.97 Å². The summed E-state index contributed by atoms with van der Waals surface area (Å²) in [7, 11) is 0. The molecule has 1 fully saturated rings. The van der Waals surface area contributed by atoms with Crippen molar-refractivity contribution in [2.75, 3.05) is 18.0 Å². The molecule has 0 amide bonds. The van der Waals surface area contributed by atoms with E-state index in [0.717, 1.165) is 31.4 Å². The number of hydrogen-bond donors (Lipinski definition) is 0. The Labute approximate surface area is 161 Å². The Kier molecular flexibility index (Phi) is 3.94. The fourth-order valence-electron chi connectivity index (χ4n) is 3.77. The number of anilines is 1. The van der Waals surface area contributed by atoms with Gasteiger partial charge in [0.15, 0.2) is 5.13 Å². The van der Waals surface area contributed by atoms with Crippen LogP contribution in [-0.2, 0) is 0 Å². The number of aromatic nitrogens is 2. The second kappa shape index (κ2) is 6.32. The molecule has 0 radical (unpaired) electrons. The molecule has 132 valence electrons. The topological polar surface area (TPSA) is 29.0 Å². The van der Waals surface area contributed by atoms with E-state index in [0.29, 0.717) is 5.92 Å². The molecule has 0 aliphatic carbocycles. The van der Waals surface area contributed by atoms with Crippen molar-refractivity contribution in [3.8, 4) is 0 Å². The summed E-state index contributed by atoms with van der Waals surface area (Å²) in [6, 6.07) is 12.9. The second-order valence-corrected chi connectivity index (χ2v) is 9.19. The first kappa shape index (κ1) is 16.2. The smallest absolute Gasteiger partial charge is 0.186 e. The maximum Gasteiger partial charge on any atom is 0.186 e. The van der Waals surface area contributed by atoms with Crippen LogP contribution in [-0.4, -0.2) is 23.1 Å². The molecule has 26 heavy (non-hydrogen) atoms. The minimum Gasteiger partial charge on any atom is -0.348 e. The summed E-state index contributed by atoms with van der Waals surface area (Å²) in [5, 5.41) is 2.49. The molecule has 1 aliphatic rings. The Morgan fingerprint density at radius 1 is 0.923 bits per heavy atom. The highest BCUT2D eigenvalue weighted by atomic mass is 32.1. The van der Waals surface area contributed by atoms with Crippen LogP contribution in [0.25, 0.3) is 20.4 Å². The van der Waals surface area contributed by atoms with Crippen LogP contribution in [0.5, 0.6) is 0 Å². The van der Waals surface area contributed by atoms with E-state index in [1.807, 2.05) is 22.7 Å². The lowest BCUT2D eigenvalue weighted by Crippen LogP contribution is -2.32. The van der Waals surface area contributed by atoms with Crippen LogP contribution in [0.4, 0.5) is 5.13 Å². The zero-order valence-corrected chi connectivity index (χ0v) is 16.7. The molecule has 0 N–H and O–H groups in total. The van der Waals surface area contributed by atoms with Gasteiger partial charge in [0, 0.05) is 19.0 Å². The van der Waals surface area contributed by atoms with Gasteiger partial charge in [-0.1, -0.05) is 35.6 Å². The Bertz CT molecular complexity index is 1020. The first-order valence-corrected chi connectivity index (χ1v) is 10.8. The fraction of sp³-hybridized carbons (Fsp3) is 0.333. The van der Waals surface area contributed by atoms with Crippen molar-refractivity contribution >= 4 is 48.2 Å². The van der Waals surface area contributed by atoms with E-state index < -0.39 is 0 Å². The average molecular weight is 380 g/mol. The molecule has 2 aromatic carbocycles. The van der Waals surface area contributed by atoms with Crippen molar-refractivity contribution in [1.82, 2.24) is 9.97 Å². The molecule has 3 heterocycles. The standard InChI is InChI=1S/C21H21N3S2/c1-13-7-8-14(2)19-18(13)23-21(26-19)24-11-9-15(10-12-24)20-22-16-5-3-4-6-17(16)25-20/h3-8,15H,9-12H2,1-2H3. The summed E-state index contributed by atoms with van der Waals surface area (Å²) in [6.07, 6.45) is 2.32. The van der Waals surface area contributed by atoms with Crippen molar-refractivity contribution in [3.05, 3.63) is 52.5 Å². The first-order chi connectivity index (χ1) is 12.7. The normalized spacial score (nSPS) is 16.0. The predicted octanol–water partition coefficient (Wildman–Crippen LogP) is 5.91. The molecule has 0 atom stereocenters. The minimum atomic E-state index is 0.585. The molecule has 4 aromatic rings. The van der Waals surface area contributed by atoms with Gasteiger partial charge in [-0.05, 0) is 49.9 Å². The van der Waals surface area contributed by atoms with Crippen LogP contribution in [0, 0.1) is 13.8 Å². The summed E-state index contributed by atoms with van der Waals surface area (Å²) in [4.78, 5) is 12.3. The van der Waals surface area contributed by atoms with Crippen LogP contribution in [0.15, 0.2) is 36.4 Å². The van der Waals surface area contributed by atoms with Gasteiger partial charge >= 0.3 is 0 Å². The first-order valence-electron chi connectivity index (χ1n) is 9.16. The van der Waals surface area contributed by atoms with Crippen molar-refractivity contribution < 1.29 is 0 Å². The Hall–Kier alpha value is -1.98. The Morgan fingerprint density at radius 2 is 1.69 bits per heavy atom. The molecule has 1 aliphatic heterocycles. The lowest BCUT2D eigenvalue weighted by molar-refractivity contribution is 0.504. The summed E-state index contributed by atoms with van der Waals surface area (Å²) < 4.78 is 2.65. The van der Waals surface area contributed by atoms with Crippen LogP contribution in [0.2, 0.25) is 0 Å². The molecule has 0 unspecified atom stereocenters. The third kappa shape index (κ3) is 2.70. The number of aryl methyl sites for hydroxylation is 2. The van der Waals surface area contributed by atoms with Crippen LogP contribution in [0.3, 0.4) is 0 Å². The summed E-state index contributed by atoms with van der Waals surface area (Å²) in [5.74, 6) is 0.585. The van der Waals surface area contributed by atoms with E-state index in [9.17, 15) is 0 Å². The van der Waals surface area contributed by atoms with Gasteiger partial charge in [-0.15, -0.1) is 11.3 Å². The predicted molar refractivity (Wildman–Crippen MR) is 113 cm³/mol. The molecule has 5 rings (SSSR count). The molecule has 0 bridgehead atoms. The number of benzene rings is 2. The van der Waals surface area contributed by atoms with E-state index in [1.165, 1.54) is 36.2 Å². The molecule has 1 saturated heterocycles. The lowest BCUT2D eigenvalue weighted by Gasteiger charge is -2.30. The van der Waals surface area contributed by atoms with Crippen molar-refractivity contribution in [1.29, 1.82) is 0 Å². The molecule has 3 nitrogen and oxygen atoms in total. The van der Waals surface area contributed by atoms with Gasteiger partial charge in [-0.3, -0.25) is 0 Å². The van der Waals surface area contributed by atoms with Crippen LogP contribution >= 0.6 is 22.7 Å². The van der Waals surface area contributed by atoms with E-state index in [1.54, 1.807) is 0 Å². The van der Waals surface area contributed by atoms with Crippen LogP contribution in [0.1, 0.15) is 34.9 Å². The number of para-hydroxylation sites is 1. The van der Waals surface area contributed by atoms with Crippen molar-refractivity contribution in [3.63, 3.8) is 0 Å². The summed E-state index contributed by atoms with van der Waals surface area (Å²) >= 11 is 3.71. The largest absolute Gasteiger partial charge is 0.348 e. The maximum absolute atomic E-state index is 4.96. The number of fused-ring (bicyclic) bond motifs is 2. The summed E-state index contributed by atoms with van der Waals surface area (Å²) in [5.41, 5.74) is 4.93. The van der Waals surface area contributed by atoms with Gasteiger partial charge in [-0.25, -0.2) is 9.97 Å². The molecular weight excluding hydrogens is 358 g/mol. The molecule has 0 saturated carbocycles. The zero-order valence-electron chi connectivity index (χ0n) is 15.0. The van der Waals surface area contributed by atoms with Gasteiger partial charge in [0.2, 0.25) is 0 Å². The highest BCUT2D eigenvalue weighted by Crippen LogP contribution is 2.38. The van der Waals surface area contributed by atoms with E-state index >= 15 is 0 Å². The number of thiazole rings is 2. The molecule has 0 spiro atoms. The maximum atomic E-state index is 4.96. The minimum absolute atomic E-state index is 0.585. The molecule has 5 heteroatoms. The summed E-state index contributed by atoms with van der Waals surface area (Å²) in [6.45, 7) is 6.48. The van der Waals surface area contributed by atoms with Gasteiger partial charge in [-0.2, -0.15) is 0 Å².